The first-order valence-electron chi connectivity index (χ1n) is 9.92. The zero-order valence-corrected chi connectivity index (χ0v) is 17.8. The Morgan fingerprint density at radius 3 is 2.48 bits per heavy atom. The molecule has 0 aliphatic heterocycles. The SMILES string of the molecule is COC(=O)N(NC(=O)c1c(C)n(-c2cccnc2)c(=O)c2c(F)cccc12)c1ccccc1. The molecule has 0 atom stereocenters. The Labute approximate surface area is 187 Å². The molecule has 0 aliphatic carbocycles. The quantitative estimate of drug-likeness (QED) is 0.484. The second kappa shape index (κ2) is 8.91. The molecule has 4 rings (SSSR count). The molecule has 1 N–H and O–H groups in total. The summed E-state index contributed by atoms with van der Waals surface area (Å²) in [5, 5.41) is 0.807. The van der Waals surface area contributed by atoms with Crippen molar-refractivity contribution < 1.29 is 18.7 Å². The molecule has 0 saturated heterocycles. The average molecular weight is 446 g/mol. The Bertz CT molecular complexity index is 1410. The number of anilines is 1. The van der Waals surface area contributed by atoms with E-state index >= 15 is 0 Å². The summed E-state index contributed by atoms with van der Waals surface area (Å²) in [6.45, 7) is 1.57. The lowest BCUT2D eigenvalue weighted by Gasteiger charge is -2.23. The van der Waals surface area contributed by atoms with E-state index in [0.717, 1.165) is 11.1 Å². The van der Waals surface area contributed by atoms with Crippen LogP contribution in [0.5, 0.6) is 0 Å². The number of carbonyl (C=O) groups excluding carboxylic acids is 2. The highest BCUT2D eigenvalue weighted by Crippen LogP contribution is 2.24. The number of benzene rings is 2. The lowest BCUT2D eigenvalue weighted by Crippen LogP contribution is -2.47. The number of hydrogen-bond acceptors (Lipinski definition) is 5. The van der Waals surface area contributed by atoms with Gasteiger partial charge in [0.15, 0.2) is 0 Å². The van der Waals surface area contributed by atoms with Crippen molar-refractivity contribution in [3.63, 3.8) is 0 Å². The van der Waals surface area contributed by atoms with Gasteiger partial charge in [0.1, 0.15) is 5.82 Å². The van der Waals surface area contributed by atoms with Gasteiger partial charge in [0.05, 0.1) is 35.6 Å². The van der Waals surface area contributed by atoms with Crippen molar-refractivity contribution in [1.29, 1.82) is 0 Å². The van der Waals surface area contributed by atoms with Crippen molar-refractivity contribution in [3.8, 4) is 5.69 Å². The minimum atomic E-state index is -0.830. The van der Waals surface area contributed by atoms with Crippen molar-refractivity contribution in [2.45, 2.75) is 6.92 Å². The lowest BCUT2D eigenvalue weighted by molar-refractivity contribution is 0.0941. The Kier molecular flexibility index (Phi) is 5.86. The molecule has 0 fully saturated rings. The predicted molar refractivity (Wildman–Crippen MR) is 121 cm³/mol. The second-order valence-electron chi connectivity index (χ2n) is 7.06. The summed E-state index contributed by atoms with van der Waals surface area (Å²) in [5.74, 6) is -1.49. The van der Waals surface area contributed by atoms with Gasteiger partial charge in [0, 0.05) is 17.3 Å². The standard InChI is InChI=1S/C24H19FN4O4/c1-15-20(22(30)27-29(24(32)33-2)16-8-4-3-5-9-16)18-11-6-12-19(25)21(18)23(31)28(15)17-10-7-13-26-14-17/h3-14H,1-2H3,(H,27,30). The van der Waals surface area contributed by atoms with Crippen LogP contribution in [0.3, 0.4) is 0 Å². The number of hydrogen-bond donors (Lipinski definition) is 1. The van der Waals surface area contributed by atoms with Crippen LogP contribution in [0.25, 0.3) is 16.5 Å². The Morgan fingerprint density at radius 2 is 1.82 bits per heavy atom. The first-order valence-corrected chi connectivity index (χ1v) is 9.92. The van der Waals surface area contributed by atoms with Gasteiger partial charge in [-0.3, -0.25) is 24.6 Å². The normalized spacial score (nSPS) is 10.6. The molecule has 166 valence electrons. The van der Waals surface area contributed by atoms with Crippen LogP contribution in [-0.2, 0) is 4.74 Å². The van der Waals surface area contributed by atoms with Crippen molar-refractivity contribution in [2.75, 3.05) is 12.1 Å². The van der Waals surface area contributed by atoms with Crippen LogP contribution in [0.4, 0.5) is 14.9 Å². The molecule has 0 aliphatic rings. The number of halogens is 1. The summed E-state index contributed by atoms with van der Waals surface area (Å²) in [6.07, 6.45) is 2.14. The van der Waals surface area contributed by atoms with Crippen LogP contribution >= 0.6 is 0 Å². The smallest absolute Gasteiger partial charge is 0.433 e. The highest BCUT2D eigenvalue weighted by molar-refractivity contribution is 6.09. The molecule has 9 heteroatoms. The van der Waals surface area contributed by atoms with Crippen LogP contribution < -0.4 is 16.0 Å². The van der Waals surface area contributed by atoms with E-state index in [4.69, 9.17) is 4.74 Å². The number of rotatable bonds is 3. The molecular weight excluding hydrogens is 427 g/mol. The number of nitrogens with zero attached hydrogens (tertiary/aromatic N) is 3. The van der Waals surface area contributed by atoms with Gasteiger partial charge in [-0.1, -0.05) is 30.3 Å². The van der Waals surface area contributed by atoms with Crippen molar-refractivity contribution in [2.24, 2.45) is 0 Å². The summed E-state index contributed by atoms with van der Waals surface area (Å²) in [4.78, 5) is 43.1. The minimum Gasteiger partial charge on any atom is -0.451 e. The van der Waals surface area contributed by atoms with E-state index in [0.29, 0.717) is 11.4 Å². The molecular formula is C24H19FN4O4. The number of hydrazine groups is 1. The molecule has 2 aromatic heterocycles. The fourth-order valence-electron chi connectivity index (χ4n) is 3.65. The van der Waals surface area contributed by atoms with Crippen molar-refractivity contribution in [1.82, 2.24) is 15.0 Å². The number of amides is 2. The number of ether oxygens (including phenoxy) is 1. The fraction of sp³-hybridized carbons (Fsp3) is 0.0833. The summed E-state index contributed by atoms with van der Waals surface area (Å²) in [6, 6.07) is 15.7. The zero-order chi connectivity index (χ0) is 23.5. The first-order chi connectivity index (χ1) is 15.9. The molecule has 4 aromatic rings. The number of nitrogens with one attached hydrogen (secondary N) is 1. The van der Waals surface area contributed by atoms with Gasteiger partial charge in [-0.2, -0.15) is 5.01 Å². The largest absolute Gasteiger partial charge is 0.451 e. The van der Waals surface area contributed by atoms with E-state index < -0.39 is 23.4 Å². The molecule has 33 heavy (non-hydrogen) atoms. The molecule has 8 nitrogen and oxygen atoms in total. The highest BCUT2D eigenvalue weighted by Gasteiger charge is 2.26. The number of carbonyl (C=O) groups is 2. The maximum atomic E-state index is 14.8. The van der Waals surface area contributed by atoms with Crippen molar-refractivity contribution in [3.05, 3.63) is 100 Å². The number of methoxy groups -OCH3 is 1. The summed E-state index contributed by atoms with van der Waals surface area (Å²) >= 11 is 0. The molecule has 0 bridgehead atoms. The maximum Gasteiger partial charge on any atom is 0.433 e. The van der Waals surface area contributed by atoms with E-state index in [1.807, 2.05) is 0 Å². The number of fused-ring (bicyclic) bond motifs is 1. The van der Waals surface area contributed by atoms with Gasteiger partial charge >= 0.3 is 6.09 Å². The summed E-state index contributed by atoms with van der Waals surface area (Å²) < 4.78 is 20.8. The Balaban J connectivity index is 1.93. The monoisotopic (exact) mass is 446 g/mol. The van der Waals surface area contributed by atoms with Gasteiger partial charge in [-0.25, -0.2) is 9.18 Å². The van der Waals surface area contributed by atoms with E-state index in [1.54, 1.807) is 49.4 Å². The Morgan fingerprint density at radius 1 is 1.06 bits per heavy atom. The third-order valence-corrected chi connectivity index (χ3v) is 5.11. The average Bonchev–Trinajstić information content (AvgIpc) is 2.83. The maximum absolute atomic E-state index is 14.8. The molecule has 0 spiro atoms. The van der Waals surface area contributed by atoms with Crippen LogP contribution in [0.2, 0.25) is 0 Å². The molecule has 0 unspecified atom stereocenters. The van der Waals surface area contributed by atoms with Gasteiger partial charge in [0.2, 0.25) is 0 Å². The summed E-state index contributed by atoms with van der Waals surface area (Å²) in [5.41, 5.74) is 2.89. The van der Waals surface area contributed by atoms with Crippen LogP contribution in [0, 0.1) is 12.7 Å². The van der Waals surface area contributed by atoms with Gasteiger partial charge < -0.3 is 4.74 Å². The lowest BCUT2D eigenvalue weighted by atomic mass is 10.0. The number of pyridine rings is 2. The van der Waals surface area contributed by atoms with Gasteiger partial charge in [-0.15, -0.1) is 0 Å². The highest BCUT2D eigenvalue weighted by atomic mass is 19.1. The number of aromatic nitrogens is 2. The third kappa shape index (κ3) is 3.91. The summed E-state index contributed by atoms with van der Waals surface area (Å²) in [7, 11) is 1.18. The van der Waals surface area contributed by atoms with Crippen LogP contribution in [-0.4, -0.2) is 28.7 Å². The van der Waals surface area contributed by atoms with E-state index in [-0.39, 0.29) is 22.0 Å². The topological polar surface area (TPSA) is 93.5 Å². The molecule has 0 radical (unpaired) electrons. The third-order valence-electron chi connectivity index (χ3n) is 5.11. The number of para-hydroxylation sites is 1. The van der Waals surface area contributed by atoms with Gasteiger partial charge in [-0.05, 0) is 37.3 Å². The van der Waals surface area contributed by atoms with Crippen molar-refractivity contribution >= 4 is 28.5 Å². The van der Waals surface area contributed by atoms with E-state index in [1.165, 1.54) is 36.2 Å². The molecule has 0 saturated carbocycles. The fourth-order valence-corrected chi connectivity index (χ4v) is 3.65. The second-order valence-corrected chi connectivity index (χ2v) is 7.06. The molecule has 2 heterocycles. The van der Waals surface area contributed by atoms with Crippen LogP contribution in [0.15, 0.2) is 77.9 Å². The first kappa shape index (κ1) is 21.7. The molecule has 2 aromatic carbocycles. The van der Waals surface area contributed by atoms with E-state index in [2.05, 4.69) is 10.4 Å². The molecule has 2 amide bonds. The minimum absolute atomic E-state index is 0.0257. The Hall–Kier alpha value is -4.53. The van der Waals surface area contributed by atoms with E-state index in [9.17, 15) is 18.8 Å². The predicted octanol–water partition coefficient (Wildman–Crippen LogP) is 3.75. The van der Waals surface area contributed by atoms with Crippen LogP contribution in [0.1, 0.15) is 16.1 Å². The van der Waals surface area contributed by atoms with Gasteiger partial charge in [0.25, 0.3) is 11.5 Å². The zero-order valence-electron chi connectivity index (χ0n) is 17.8.